The van der Waals surface area contributed by atoms with Gasteiger partial charge in [-0.15, -0.1) is 0 Å². The van der Waals surface area contributed by atoms with Gasteiger partial charge >= 0.3 is 0 Å². The molecule has 1 fully saturated rings. The normalized spacial score (nSPS) is 21.7. The van der Waals surface area contributed by atoms with E-state index in [2.05, 4.69) is 9.97 Å². The molecule has 1 aliphatic rings. The molecule has 0 aromatic carbocycles. The zero-order valence-corrected chi connectivity index (χ0v) is 9.00. The van der Waals surface area contributed by atoms with Crippen LogP contribution in [0.25, 0.3) is 0 Å². The van der Waals surface area contributed by atoms with Crippen LogP contribution < -0.4 is 16.2 Å². The van der Waals surface area contributed by atoms with E-state index in [-0.39, 0.29) is 16.6 Å². The average molecular weight is 229 g/mol. The molecule has 0 amide bonds. The molecule has 82 valence electrons. The van der Waals surface area contributed by atoms with Crippen molar-refractivity contribution in [1.82, 2.24) is 9.97 Å². The highest BCUT2D eigenvalue weighted by atomic mass is 35.5. The molecule has 0 spiro atoms. The van der Waals surface area contributed by atoms with E-state index in [1.165, 1.54) is 6.33 Å². The van der Waals surface area contributed by atoms with Gasteiger partial charge in [0.25, 0.3) is 5.56 Å². The van der Waals surface area contributed by atoms with Crippen molar-refractivity contribution >= 4 is 17.4 Å². The Labute approximate surface area is 92.3 Å². The first-order valence-corrected chi connectivity index (χ1v) is 5.30. The van der Waals surface area contributed by atoms with Crippen LogP contribution in [0.1, 0.15) is 12.8 Å². The highest BCUT2D eigenvalue weighted by Gasteiger charge is 2.20. The number of aromatic amines is 1. The Morgan fingerprint density at radius 1 is 1.67 bits per heavy atom. The molecule has 2 rings (SSSR count). The Balaban J connectivity index is 2.28. The quantitative estimate of drug-likeness (QED) is 0.728. The van der Waals surface area contributed by atoms with E-state index in [0.717, 1.165) is 19.4 Å². The van der Waals surface area contributed by atoms with Crippen molar-refractivity contribution in [2.45, 2.75) is 18.9 Å². The monoisotopic (exact) mass is 228 g/mol. The van der Waals surface area contributed by atoms with E-state index in [9.17, 15) is 4.79 Å². The number of nitrogens with zero attached hydrogens (tertiary/aromatic N) is 2. The summed E-state index contributed by atoms with van der Waals surface area (Å²) in [5.74, 6) is 0.538. The largest absolute Gasteiger partial charge is 0.354 e. The van der Waals surface area contributed by atoms with Crippen molar-refractivity contribution in [3.63, 3.8) is 0 Å². The minimum Gasteiger partial charge on any atom is -0.354 e. The van der Waals surface area contributed by atoms with Crippen LogP contribution in [0.5, 0.6) is 0 Å². The lowest BCUT2D eigenvalue weighted by Gasteiger charge is -2.31. The van der Waals surface area contributed by atoms with E-state index in [1.807, 2.05) is 4.90 Å². The smallest absolute Gasteiger partial charge is 0.271 e. The summed E-state index contributed by atoms with van der Waals surface area (Å²) in [4.78, 5) is 19.8. The van der Waals surface area contributed by atoms with Crippen LogP contribution in [-0.4, -0.2) is 29.1 Å². The number of hydrogen-bond acceptors (Lipinski definition) is 4. The molecule has 0 saturated carbocycles. The minimum atomic E-state index is -0.305. The summed E-state index contributed by atoms with van der Waals surface area (Å²) < 4.78 is 0. The molecule has 0 radical (unpaired) electrons. The first-order valence-electron chi connectivity index (χ1n) is 4.92. The van der Waals surface area contributed by atoms with Gasteiger partial charge in [-0.05, 0) is 12.8 Å². The van der Waals surface area contributed by atoms with Crippen molar-refractivity contribution in [2.24, 2.45) is 5.73 Å². The first kappa shape index (κ1) is 10.4. The maximum Gasteiger partial charge on any atom is 0.271 e. The van der Waals surface area contributed by atoms with Crippen LogP contribution in [0.4, 0.5) is 5.82 Å². The molecular weight excluding hydrogens is 216 g/mol. The van der Waals surface area contributed by atoms with Gasteiger partial charge < -0.3 is 15.6 Å². The topological polar surface area (TPSA) is 75.0 Å². The molecule has 1 aliphatic heterocycles. The van der Waals surface area contributed by atoms with Gasteiger partial charge in [0, 0.05) is 19.1 Å². The Hall–Kier alpha value is -1.07. The summed E-state index contributed by atoms with van der Waals surface area (Å²) in [7, 11) is 0. The van der Waals surface area contributed by atoms with Crippen molar-refractivity contribution < 1.29 is 0 Å². The Kier molecular flexibility index (Phi) is 2.93. The van der Waals surface area contributed by atoms with E-state index >= 15 is 0 Å². The van der Waals surface area contributed by atoms with Gasteiger partial charge in [-0.1, -0.05) is 11.6 Å². The fraction of sp³-hybridized carbons (Fsp3) is 0.556. The summed E-state index contributed by atoms with van der Waals surface area (Å²) in [6.07, 6.45) is 3.38. The zero-order chi connectivity index (χ0) is 10.8. The van der Waals surface area contributed by atoms with E-state index < -0.39 is 0 Å². The fourth-order valence-corrected chi connectivity index (χ4v) is 2.02. The summed E-state index contributed by atoms with van der Waals surface area (Å²) in [5.41, 5.74) is 5.55. The summed E-state index contributed by atoms with van der Waals surface area (Å²) in [6.45, 7) is 1.56. The molecule has 0 aliphatic carbocycles. The van der Waals surface area contributed by atoms with Crippen molar-refractivity contribution in [2.75, 3.05) is 18.0 Å². The number of halogens is 1. The maximum absolute atomic E-state index is 11.3. The van der Waals surface area contributed by atoms with Crippen molar-refractivity contribution in [3.05, 3.63) is 21.7 Å². The van der Waals surface area contributed by atoms with Crippen LogP contribution in [0.3, 0.4) is 0 Å². The van der Waals surface area contributed by atoms with Gasteiger partial charge in [0.1, 0.15) is 5.02 Å². The Bertz CT molecular complexity index is 405. The predicted octanol–water partition coefficient (Wildman–Crippen LogP) is 0.351. The number of H-pyrrole nitrogens is 1. The second-order valence-electron chi connectivity index (χ2n) is 3.72. The van der Waals surface area contributed by atoms with Crippen LogP contribution in [0.15, 0.2) is 11.1 Å². The van der Waals surface area contributed by atoms with E-state index in [0.29, 0.717) is 12.4 Å². The number of aromatic nitrogens is 2. The lowest BCUT2D eigenvalue weighted by atomic mass is 10.1. The molecule has 1 aromatic heterocycles. The van der Waals surface area contributed by atoms with Gasteiger partial charge in [0.15, 0.2) is 5.82 Å². The highest BCUT2D eigenvalue weighted by Crippen LogP contribution is 2.21. The first-order chi connectivity index (χ1) is 7.18. The molecule has 0 unspecified atom stereocenters. The number of hydrogen-bond donors (Lipinski definition) is 2. The van der Waals surface area contributed by atoms with Crippen molar-refractivity contribution in [3.8, 4) is 0 Å². The van der Waals surface area contributed by atoms with Crippen LogP contribution >= 0.6 is 11.6 Å². The van der Waals surface area contributed by atoms with Gasteiger partial charge in [-0.2, -0.15) is 0 Å². The molecule has 1 saturated heterocycles. The lowest BCUT2D eigenvalue weighted by molar-refractivity contribution is 0.503. The average Bonchev–Trinajstić information content (AvgIpc) is 2.22. The van der Waals surface area contributed by atoms with E-state index in [1.54, 1.807) is 0 Å². The molecular formula is C9H13ClN4O. The molecule has 1 atom stereocenters. The van der Waals surface area contributed by atoms with E-state index in [4.69, 9.17) is 17.3 Å². The van der Waals surface area contributed by atoms with Crippen molar-refractivity contribution in [1.29, 1.82) is 0 Å². The molecule has 3 N–H and O–H groups in total. The van der Waals surface area contributed by atoms with Crippen LogP contribution in [0, 0.1) is 0 Å². The number of rotatable bonds is 1. The van der Waals surface area contributed by atoms with Gasteiger partial charge in [0.2, 0.25) is 0 Å². The van der Waals surface area contributed by atoms with Gasteiger partial charge in [-0.25, -0.2) is 4.98 Å². The van der Waals surface area contributed by atoms with Crippen LogP contribution in [-0.2, 0) is 0 Å². The number of piperidine rings is 1. The SMILES string of the molecule is N[C@@H]1CCCN(c2nc[nH]c(=O)c2Cl)C1. The third-order valence-electron chi connectivity index (χ3n) is 2.54. The number of anilines is 1. The summed E-state index contributed by atoms with van der Waals surface area (Å²) in [5, 5.41) is 0.145. The molecule has 2 heterocycles. The van der Waals surface area contributed by atoms with Gasteiger partial charge in [-0.3, -0.25) is 4.79 Å². The Morgan fingerprint density at radius 2 is 2.47 bits per heavy atom. The number of nitrogens with one attached hydrogen (secondary N) is 1. The minimum absolute atomic E-state index is 0.135. The van der Waals surface area contributed by atoms with Gasteiger partial charge in [0.05, 0.1) is 6.33 Å². The summed E-state index contributed by atoms with van der Waals surface area (Å²) >= 11 is 5.89. The lowest BCUT2D eigenvalue weighted by Crippen LogP contribution is -2.43. The maximum atomic E-state index is 11.3. The summed E-state index contributed by atoms with van der Waals surface area (Å²) in [6, 6.07) is 0.135. The third kappa shape index (κ3) is 2.13. The Morgan fingerprint density at radius 3 is 3.20 bits per heavy atom. The second kappa shape index (κ2) is 4.20. The molecule has 0 bridgehead atoms. The molecule has 15 heavy (non-hydrogen) atoms. The highest BCUT2D eigenvalue weighted by molar-refractivity contribution is 6.32. The number of nitrogens with two attached hydrogens (primary N) is 1. The molecule has 5 nitrogen and oxygen atoms in total. The third-order valence-corrected chi connectivity index (χ3v) is 2.88. The molecule has 1 aromatic rings. The fourth-order valence-electron chi connectivity index (χ4n) is 1.80. The predicted molar refractivity (Wildman–Crippen MR) is 59.3 cm³/mol. The second-order valence-corrected chi connectivity index (χ2v) is 4.10. The standard InChI is InChI=1S/C9H13ClN4O/c10-7-8(12-5-13-9(7)15)14-3-1-2-6(11)4-14/h5-6H,1-4,11H2,(H,12,13,15)/t6-/m1/s1. The zero-order valence-electron chi connectivity index (χ0n) is 8.24. The van der Waals surface area contributed by atoms with Crippen LogP contribution in [0.2, 0.25) is 5.02 Å². The molecule has 6 heteroatoms.